The first-order valence-electron chi connectivity index (χ1n) is 5.44. The summed E-state index contributed by atoms with van der Waals surface area (Å²) < 4.78 is 49.2. The fourth-order valence-electron chi connectivity index (χ4n) is 2.10. The fraction of sp³-hybridized carbons (Fsp3) is 0.417. The van der Waals surface area contributed by atoms with Crippen LogP contribution < -0.4 is 18.6 Å². The Morgan fingerprint density at radius 1 is 1.16 bits per heavy atom. The van der Waals surface area contributed by atoms with Gasteiger partial charge in [0.05, 0.1) is 5.41 Å². The van der Waals surface area contributed by atoms with Crippen LogP contribution in [0.1, 0.15) is 26.3 Å². The van der Waals surface area contributed by atoms with Gasteiger partial charge in [0.15, 0.2) is 5.71 Å². The molecule has 0 fully saturated rings. The highest BCUT2D eigenvalue weighted by Gasteiger charge is 2.41. The van der Waals surface area contributed by atoms with Crippen molar-refractivity contribution >= 4 is 11.4 Å². The molecular formula is C12H15ClFNO4. The first-order chi connectivity index (χ1) is 8.44. The van der Waals surface area contributed by atoms with Crippen LogP contribution in [0.2, 0.25) is 0 Å². The third-order valence-corrected chi connectivity index (χ3v) is 3.40. The van der Waals surface area contributed by atoms with Gasteiger partial charge >= 0.3 is 0 Å². The SMILES string of the molecule is CC1=[N+](C)c2ccc(F)cc2C1(C)C.[O-][Cl+3]([O-])([O-])[O-]. The Balaban J connectivity index is 0.000000312. The zero-order chi connectivity index (χ0) is 15.0. The first kappa shape index (κ1) is 16.0. The van der Waals surface area contributed by atoms with Gasteiger partial charge in [0.1, 0.15) is 12.9 Å². The number of fused-ring (bicyclic) bond motifs is 1. The van der Waals surface area contributed by atoms with Crippen LogP contribution in [0.5, 0.6) is 0 Å². The Morgan fingerprint density at radius 3 is 2.11 bits per heavy atom. The van der Waals surface area contributed by atoms with Crippen LogP contribution >= 0.6 is 0 Å². The molecule has 19 heavy (non-hydrogen) atoms. The number of benzene rings is 1. The van der Waals surface area contributed by atoms with E-state index < -0.39 is 10.2 Å². The average molecular weight is 292 g/mol. The van der Waals surface area contributed by atoms with Gasteiger partial charge in [0, 0.05) is 18.6 Å². The van der Waals surface area contributed by atoms with Gasteiger partial charge in [0.25, 0.3) is 0 Å². The van der Waals surface area contributed by atoms with Gasteiger partial charge in [0.2, 0.25) is 5.69 Å². The zero-order valence-electron chi connectivity index (χ0n) is 11.1. The molecule has 1 aromatic carbocycles. The highest BCUT2D eigenvalue weighted by molar-refractivity contribution is 5.93. The van der Waals surface area contributed by atoms with Gasteiger partial charge in [-0.15, -0.1) is 10.2 Å². The Bertz CT molecular complexity index is 517. The molecule has 5 nitrogen and oxygen atoms in total. The summed E-state index contributed by atoms with van der Waals surface area (Å²) in [5.74, 6) is -0.153. The molecule has 0 N–H and O–H groups in total. The molecule has 0 unspecified atom stereocenters. The summed E-state index contributed by atoms with van der Waals surface area (Å²) in [6, 6.07) is 5.01. The largest absolute Gasteiger partial charge is 0.222 e. The van der Waals surface area contributed by atoms with Crippen molar-refractivity contribution in [2.45, 2.75) is 26.2 Å². The molecule has 0 saturated carbocycles. The number of hydrogen-bond acceptors (Lipinski definition) is 4. The summed E-state index contributed by atoms with van der Waals surface area (Å²) in [6.07, 6.45) is 0. The minimum atomic E-state index is -4.94. The lowest BCUT2D eigenvalue weighted by Crippen LogP contribution is -2.68. The van der Waals surface area contributed by atoms with Crippen LogP contribution in [0.25, 0.3) is 0 Å². The predicted molar refractivity (Wildman–Crippen MR) is 56.0 cm³/mol. The van der Waals surface area contributed by atoms with E-state index in [-0.39, 0.29) is 11.2 Å². The number of nitrogens with zero attached hydrogens (tertiary/aromatic N) is 1. The maximum absolute atomic E-state index is 13.1. The Kier molecular flexibility index (Phi) is 4.33. The van der Waals surface area contributed by atoms with Gasteiger partial charge in [-0.25, -0.2) is 27.6 Å². The second-order valence-electron chi connectivity index (χ2n) is 4.81. The Labute approximate surface area is 113 Å². The van der Waals surface area contributed by atoms with Gasteiger partial charge in [-0.3, -0.25) is 0 Å². The summed E-state index contributed by atoms with van der Waals surface area (Å²) in [5.41, 5.74) is 3.41. The lowest BCUT2D eigenvalue weighted by Gasteiger charge is -2.17. The monoisotopic (exact) mass is 291 g/mol. The van der Waals surface area contributed by atoms with E-state index in [4.69, 9.17) is 18.6 Å². The minimum absolute atomic E-state index is 0.0494. The third-order valence-electron chi connectivity index (χ3n) is 3.40. The van der Waals surface area contributed by atoms with Crippen LogP contribution in [0.15, 0.2) is 18.2 Å². The molecule has 0 aromatic heterocycles. The van der Waals surface area contributed by atoms with Crippen molar-refractivity contribution in [1.29, 1.82) is 0 Å². The van der Waals surface area contributed by atoms with Crippen molar-refractivity contribution in [3.63, 3.8) is 0 Å². The molecule has 7 heteroatoms. The van der Waals surface area contributed by atoms with Crippen molar-refractivity contribution in [3.05, 3.63) is 29.6 Å². The van der Waals surface area contributed by atoms with Gasteiger partial charge in [-0.1, -0.05) is 0 Å². The third kappa shape index (κ3) is 3.71. The van der Waals surface area contributed by atoms with Crippen molar-refractivity contribution in [3.8, 4) is 0 Å². The van der Waals surface area contributed by atoms with E-state index in [2.05, 4.69) is 25.3 Å². The van der Waals surface area contributed by atoms with Crippen LogP contribution in [0.4, 0.5) is 10.1 Å². The molecule has 0 aliphatic carbocycles. The molecular weight excluding hydrogens is 277 g/mol. The molecule has 1 aliphatic rings. The standard InChI is InChI=1S/C12H15FN.ClHO4/c1-8-12(2,3)10-7-9(13)5-6-11(10)14(8)4;2-1(3,4)5/h5-7H,1-4H3;(H,2,3,4,5)/q+1;/p-1. The zero-order valence-corrected chi connectivity index (χ0v) is 11.8. The number of halogens is 2. The Morgan fingerprint density at radius 2 is 1.63 bits per heavy atom. The van der Waals surface area contributed by atoms with Crippen LogP contribution in [-0.2, 0) is 5.41 Å². The smallest absolute Gasteiger partial charge is 0.209 e. The van der Waals surface area contributed by atoms with Crippen LogP contribution in [0.3, 0.4) is 0 Å². The lowest BCUT2D eigenvalue weighted by atomic mass is 9.82. The molecule has 1 heterocycles. The molecule has 0 saturated heterocycles. The molecule has 0 spiro atoms. The van der Waals surface area contributed by atoms with Crippen LogP contribution in [0, 0.1) is 16.1 Å². The molecule has 0 amide bonds. The van der Waals surface area contributed by atoms with E-state index in [1.165, 1.54) is 11.8 Å². The molecule has 2 rings (SSSR count). The predicted octanol–water partition coefficient (Wildman–Crippen LogP) is -1.90. The van der Waals surface area contributed by atoms with Gasteiger partial charge in [-0.2, -0.15) is 0 Å². The molecule has 0 atom stereocenters. The highest BCUT2D eigenvalue weighted by atomic mass is 35.7. The van der Waals surface area contributed by atoms with E-state index in [1.54, 1.807) is 6.07 Å². The summed E-state index contributed by atoms with van der Waals surface area (Å²) in [7, 11) is -2.92. The second-order valence-corrected chi connectivity index (χ2v) is 5.56. The summed E-state index contributed by atoms with van der Waals surface area (Å²) >= 11 is 0. The van der Waals surface area contributed by atoms with E-state index in [0.717, 1.165) is 11.3 Å². The molecule has 0 radical (unpaired) electrons. The topological polar surface area (TPSA) is 95.2 Å². The van der Waals surface area contributed by atoms with Crippen molar-refractivity contribution < 1.29 is 37.8 Å². The van der Waals surface area contributed by atoms with Gasteiger partial charge in [-0.05, 0) is 26.0 Å². The Hall–Kier alpha value is -1.05. The maximum Gasteiger partial charge on any atom is 0.209 e. The van der Waals surface area contributed by atoms with Crippen molar-refractivity contribution in [2.24, 2.45) is 0 Å². The normalized spacial score (nSPS) is 16.9. The highest BCUT2D eigenvalue weighted by Crippen LogP contribution is 2.38. The average Bonchev–Trinajstić information content (AvgIpc) is 2.39. The molecule has 1 aliphatic heterocycles. The summed E-state index contributed by atoms with van der Waals surface area (Å²) in [5, 5.41) is 0. The van der Waals surface area contributed by atoms with E-state index in [9.17, 15) is 4.39 Å². The van der Waals surface area contributed by atoms with Crippen LogP contribution in [-0.4, -0.2) is 17.3 Å². The van der Waals surface area contributed by atoms with Crippen molar-refractivity contribution in [1.82, 2.24) is 0 Å². The fourth-order valence-corrected chi connectivity index (χ4v) is 2.10. The summed E-state index contributed by atoms with van der Waals surface area (Å²) in [4.78, 5) is 0. The van der Waals surface area contributed by atoms with E-state index >= 15 is 0 Å². The molecule has 1 aromatic rings. The van der Waals surface area contributed by atoms with E-state index in [1.807, 2.05) is 13.1 Å². The lowest BCUT2D eigenvalue weighted by molar-refractivity contribution is -2.00. The van der Waals surface area contributed by atoms with Gasteiger partial charge < -0.3 is 0 Å². The number of hydrogen-bond donors (Lipinski definition) is 0. The van der Waals surface area contributed by atoms with Crippen molar-refractivity contribution in [2.75, 3.05) is 7.05 Å². The minimum Gasteiger partial charge on any atom is -0.222 e. The molecule has 106 valence electrons. The number of rotatable bonds is 0. The summed E-state index contributed by atoms with van der Waals surface area (Å²) in [6.45, 7) is 6.35. The van der Waals surface area contributed by atoms with E-state index in [0.29, 0.717) is 0 Å². The maximum atomic E-state index is 13.1. The quantitative estimate of drug-likeness (QED) is 0.521. The molecule has 0 bridgehead atoms. The second kappa shape index (κ2) is 5.15. The first-order valence-corrected chi connectivity index (χ1v) is 6.67.